The molecule has 1 aromatic heterocycles. The number of hydrogen-bond donors (Lipinski definition) is 0. The molecule has 1 amide bonds. The normalized spacial score (nSPS) is 20.8. The second-order valence-electron chi connectivity index (χ2n) is 7.56. The average molecular weight is 373 g/mol. The highest BCUT2D eigenvalue weighted by atomic mass is 19.1. The molecule has 1 spiro atoms. The number of aryl methyl sites for hydroxylation is 1. The van der Waals surface area contributed by atoms with Crippen molar-refractivity contribution in [3.8, 4) is 0 Å². The van der Waals surface area contributed by atoms with Crippen molar-refractivity contribution in [1.82, 2.24) is 14.7 Å². The van der Waals surface area contributed by atoms with Gasteiger partial charge in [0.1, 0.15) is 11.4 Å². The summed E-state index contributed by atoms with van der Waals surface area (Å²) in [6, 6.07) is 6.67. The van der Waals surface area contributed by atoms with Crippen LogP contribution in [0.1, 0.15) is 28.8 Å². The Balaban J connectivity index is 1.19. The van der Waals surface area contributed by atoms with E-state index in [-0.39, 0.29) is 17.3 Å². The summed E-state index contributed by atoms with van der Waals surface area (Å²) in [6.07, 6.45) is 5.15. The minimum atomic E-state index is -0.228. The van der Waals surface area contributed by atoms with Crippen LogP contribution in [0.5, 0.6) is 0 Å². The molecule has 0 N–H and O–H groups in total. The van der Waals surface area contributed by atoms with Gasteiger partial charge < -0.3 is 14.4 Å². The molecule has 27 heavy (non-hydrogen) atoms. The third kappa shape index (κ3) is 3.89. The summed E-state index contributed by atoms with van der Waals surface area (Å²) in [4.78, 5) is 14.2. The largest absolute Gasteiger partial charge is 0.377 e. The Morgan fingerprint density at radius 1 is 1.41 bits per heavy atom. The number of halogens is 1. The number of carbonyl (C=O) groups excluding carboxylic acids is 1. The molecule has 1 atom stereocenters. The lowest BCUT2D eigenvalue weighted by atomic mass is 9.86. The Morgan fingerprint density at radius 3 is 2.96 bits per heavy atom. The van der Waals surface area contributed by atoms with Gasteiger partial charge in [0.25, 0.3) is 5.91 Å². The number of likely N-dealkylation sites (tertiary alicyclic amines) is 1. The molecule has 0 bridgehead atoms. The topological polar surface area (TPSA) is 56.6 Å². The monoisotopic (exact) mass is 373 g/mol. The van der Waals surface area contributed by atoms with E-state index in [0.717, 1.165) is 12.8 Å². The summed E-state index contributed by atoms with van der Waals surface area (Å²) in [5.41, 5.74) is 0.997. The molecular weight excluding hydrogens is 349 g/mol. The fourth-order valence-corrected chi connectivity index (χ4v) is 3.90. The second kappa shape index (κ2) is 7.40. The van der Waals surface area contributed by atoms with Crippen LogP contribution in [-0.2, 0) is 23.1 Å². The number of aromatic nitrogens is 2. The fourth-order valence-electron chi connectivity index (χ4n) is 3.90. The van der Waals surface area contributed by atoms with Crippen LogP contribution in [-0.4, -0.2) is 52.5 Å². The Kier molecular flexibility index (Phi) is 4.97. The van der Waals surface area contributed by atoms with Crippen molar-refractivity contribution in [2.45, 2.75) is 25.0 Å². The van der Waals surface area contributed by atoms with Crippen molar-refractivity contribution in [1.29, 1.82) is 0 Å². The molecule has 0 radical (unpaired) electrons. The predicted molar refractivity (Wildman–Crippen MR) is 96.6 cm³/mol. The van der Waals surface area contributed by atoms with Crippen LogP contribution in [0.2, 0.25) is 0 Å². The molecule has 0 aliphatic carbocycles. The van der Waals surface area contributed by atoms with Gasteiger partial charge in [-0.05, 0) is 24.8 Å². The van der Waals surface area contributed by atoms with Crippen LogP contribution < -0.4 is 0 Å². The molecule has 3 heterocycles. The number of ether oxygens (including phenoxy) is 2. The van der Waals surface area contributed by atoms with Crippen LogP contribution >= 0.6 is 0 Å². The molecule has 6 nitrogen and oxygen atoms in total. The number of hydrogen-bond acceptors (Lipinski definition) is 4. The smallest absolute Gasteiger partial charge is 0.257 e. The molecular formula is C20H24FN3O3. The van der Waals surface area contributed by atoms with Crippen molar-refractivity contribution in [3.05, 3.63) is 53.6 Å². The van der Waals surface area contributed by atoms with E-state index in [2.05, 4.69) is 5.10 Å². The molecule has 2 aliphatic heterocycles. The van der Waals surface area contributed by atoms with Crippen molar-refractivity contribution < 1.29 is 18.7 Å². The van der Waals surface area contributed by atoms with Crippen molar-refractivity contribution in [3.63, 3.8) is 0 Å². The van der Waals surface area contributed by atoms with Crippen molar-refractivity contribution >= 4 is 5.91 Å². The molecule has 2 aliphatic rings. The highest BCUT2D eigenvalue weighted by molar-refractivity contribution is 5.94. The Labute approximate surface area is 157 Å². The van der Waals surface area contributed by atoms with E-state index in [1.54, 1.807) is 36.3 Å². The number of amides is 1. The van der Waals surface area contributed by atoms with E-state index in [4.69, 9.17) is 9.47 Å². The molecule has 1 unspecified atom stereocenters. The summed E-state index contributed by atoms with van der Waals surface area (Å²) in [5.74, 6) is 0.198. The maximum Gasteiger partial charge on any atom is 0.257 e. The van der Waals surface area contributed by atoms with Gasteiger partial charge in [-0.3, -0.25) is 9.48 Å². The van der Waals surface area contributed by atoms with Gasteiger partial charge in [-0.25, -0.2) is 4.39 Å². The molecule has 2 aromatic rings. The molecule has 1 aromatic carbocycles. The van der Waals surface area contributed by atoms with E-state index < -0.39 is 0 Å². The van der Waals surface area contributed by atoms with Gasteiger partial charge in [0.2, 0.25) is 0 Å². The lowest BCUT2D eigenvalue weighted by Gasteiger charge is -2.47. The molecule has 2 saturated heterocycles. The summed E-state index contributed by atoms with van der Waals surface area (Å²) in [6.45, 7) is 2.83. The van der Waals surface area contributed by atoms with E-state index in [0.29, 0.717) is 50.0 Å². The van der Waals surface area contributed by atoms with Gasteiger partial charge in [-0.1, -0.05) is 18.2 Å². The van der Waals surface area contributed by atoms with E-state index in [1.807, 2.05) is 11.0 Å². The van der Waals surface area contributed by atoms with Gasteiger partial charge in [0, 0.05) is 25.4 Å². The van der Waals surface area contributed by atoms with Crippen molar-refractivity contribution in [2.24, 2.45) is 13.0 Å². The van der Waals surface area contributed by atoms with Crippen LogP contribution in [0.15, 0.2) is 36.7 Å². The van der Waals surface area contributed by atoms with Crippen LogP contribution in [0, 0.1) is 11.7 Å². The van der Waals surface area contributed by atoms with E-state index in [1.165, 1.54) is 6.07 Å². The number of rotatable bonds is 6. The maximum absolute atomic E-state index is 13.6. The van der Waals surface area contributed by atoms with Crippen LogP contribution in [0.4, 0.5) is 4.39 Å². The number of benzene rings is 1. The lowest BCUT2D eigenvalue weighted by molar-refractivity contribution is -0.0950. The summed E-state index contributed by atoms with van der Waals surface area (Å²) in [7, 11) is 1.80. The van der Waals surface area contributed by atoms with Gasteiger partial charge in [0.15, 0.2) is 0 Å². The van der Waals surface area contributed by atoms with Gasteiger partial charge in [0.05, 0.1) is 38.1 Å². The molecule has 0 saturated carbocycles. The Hall–Kier alpha value is -2.25. The zero-order chi connectivity index (χ0) is 18.9. The quantitative estimate of drug-likeness (QED) is 0.730. The van der Waals surface area contributed by atoms with Gasteiger partial charge in [-0.2, -0.15) is 5.10 Å². The fraction of sp³-hybridized carbons (Fsp3) is 0.500. The summed E-state index contributed by atoms with van der Waals surface area (Å²) >= 11 is 0. The Bertz CT molecular complexity index is 816. The minimum absolute atomic E-state index is 0.00833. The van der Waals surface area contributed by atoms with E-state index in [9.17, 15) is 9.18 Å². The third-order valence-corrected chi connectivity index (χ3v) is 5.37. The highest BCUT2D eigenvalue weighted by Crippen LogP contribution is 2.39. The molecule has 4 rings (SSSR count). The molecule has 2 fully saturated rings. The van der Waals surface area contributed by atoms with Crippen molar-refractivity contribution in [2.75, 3.05) is 26.3 Å². The number of carbonyl (C=O) groups is 1. The Morgan fingerprint density at radius 2 is 2.22 bits per heavy atom. The SMILES string of the molecule is Cn1cc(C(=O)N2CC3(CC(CCOCc4ccccc4F)CO3)C2)cn1. The lowest BCUT2D eigenvalue weighted by Crippen LogP contribution is -2.63. The molecule has 144 valence electrons. The third-order valence-electron chi connectivity index (χ3n) is 5.37. The average Bonchev–Trinajstić information content (AvgIpc) is 3.25. The standard InChI is InChI=1S/C20H24FN3O3/c1-23-10-17(9-22-23)19(25)24-13-20(14-24)8-15(11-27-20)6-7-26-12-16-4-2-3-5-18(16)21/h2-5,9-10,15H,6-8,11-14H2,1H3. The first-order chi connectivity index (χ1) is 13.0. The zero-order valence-corrected chi connectivity index (χ0v) is 15.4. The number of nitrogens with zero attached hydrogens (tertiary/aromatic N) is 3. The first-order valence-electron chi connectivity index (χ1n) is 9.28. The first kappa shape index (κ1) is 18.1. The molecule has 7 heteroatoms. The first-order valence-corrected chi connectivity index (χ1v) is 9.28. The highest BCUT2D eigenvalue weighted by Gasteiger charge is 2.51. The minimum Gasteiger partial charge on any atom is -0.377 e. The summed E-state index contributed by atoms with van der Waals surface area (Å²) in [5, 5.41) is 4.05. The van der Waals surface area contributed by atoms with Crippen LogP contribution in [0.3, 0.4) is 0 Å². The van der Waals surface area contributed by atoms with E-state index >= 15 is 0 Å². The summed E-state index contributed by atoms with van der Waals surface area (Å²) < 4.78 is 26.8. The zero-order valence-electron chi connectivity index (χ0n) is 15.4. The van der Waals surface area contributed by atoms with Gasteiger partial charge >= 0.3 is 0 Å². The van der Waals surface area contributed by atoms with Crippen LogP contribution in [0.25, 0.3) is 0 Å². The maximum atomic E-state index is 13.6. The predicted octanol–water partition coefficient (Wildman–Crippen LogP) is 2.40. The second-order valence-corrected chi connectivity index (χ2v) is 7.56. The van der Waals surface area contributed by atoms with Gasteiger partial charge in [-0.15, -0.1) is 0 Å².